The van der Waals surface area contributed by atoms with E-state index in [-0.39, 0.29) is 5.92 Å². The highest BCUT2D eigenvalue weighted by Crippen LogP contribution is 2.28. The number of amides is 1. The number of hydrogen-bond acceptors (Lipinski definition) is 3. The summed E-state index contributed by atoms with van der Waals surface area (Å²) in [6.07, 6.45) is 7.71. The van der Waals surface area contributed by atoms with Crippen molar-refractivity contribution in [2.75, 3.05) is 6.54 Å². The quantitative estimate of drug-likeness (QED) is 0.779. The zero-order chi connectivity index (χ0) is 14.3. The molecular weight excluding hydrogens is 242 g/mol. The number of nitrogens with one attached hydrogen (secondary N) is 1. The summed E-state index contributed by atoms with van der Waals surface area (Å²) in [6, 6.07) is 0. The van der Waals surface area contributed by atoms with Crippen LogP contribution in [0.25, 0.3) is 0 Å². The van der Waals surface area contributed by atoms with E-state index in [1.807, 2.05) is 20.8 Å². The lowest BCUT2D eigenvalue weighted by molar-refractivity contribution is -0.111. The molecule has 1 atom stereocenters. The first-order valence-electron chi connectivity index (χ1n) is 7.33. The number of carbonyl (C=O) groups excluding carboxylic acids is 2. The first-order valence-corrected chi connectivity index (χ1v) is 7.33. The van der Waals surface area contributed by atoms with Gasteiger partial charge in [0.1, 0.15) is 11.9 Å². The SMILES string of the molecule is CC(C)(C)OC(=O)NCC(C=O)CC1CCCCC1. The molecule has 19 heavy (non-hydrogen) atoms. The minimum absolute atomic E-state index is 0.0874. The molecule has 0 aromatic heterocycles. The third-order valence-corrected chi connectivity index (χ3v) is 3.46. The van der Waals surface area contributed by atoms with Crippen molar-refractivity contribution in [3.8, 4) is 0 Å². The largest absolute Gasteiger partial charge is 0.444 e. The van der Waals surface area contributed by atoms with Crippen LogP contribution in [0.1, 0.15) is 59.3 Å². The molecule has 0 saturated heterocycles. The van der Waals surface area contributed by atoms with Crippen molar-refractivity contribution in [1.82, 2.24) is 5.32 Å². The van der Waals surface area contributed by atoms with Gasteiger partial charge < -0.3 is 14.8 Å². The van der Waals surface area contributed by atoms with Crippen LogP contribution in [0.5, 0.6) is 0 Å². The van der Waals surface area contributed by atoms with Gasteiger partial charge in [-0.05, 0) is 33.1 Å². The predicted octanol–water partition coefficient (Wildman–Crippen LogP) is 3.30. The lowest BCUT2D eigenvalue weighted by atomic mass is 9.83. The molecule has 0 heterocycles. The minimum atomic E-state index is -0.496. The van der Waals surface area contributed by atoms with Gasteiger partial charge in [-0.25, -0.2) is 4.79 Å². The lowest BCUT2D eigenvalue weighted by Crippen LogP contribution is -2.36. The highest BCUT2D eigenvalue weighted by atomic mass is 16.6. The number of alkyl carbamates (subject to hydrolysis) is 1. The number of carbonyl (C=O) groups is 2. The van der Waals surface area contributed by atoms with Crippen LogP contribution in [0.3, 0.4) is 0 Å². The molecule has 1 amide bonds. The smallest absolute Gasteiger partial charge is 0.407 e. The third-order valence-electron chi connectivity index (χ3n) is 3.46. The van der Waals surface area contributed by atoms with Crippen LogP contribution in [0.15, 0.2) is 0 Å². The molecule has 1 aliphatic carbocycles. The summed E-state index contributed by atoms with van der Waals surface area (Å²) in [5, 5.41) is 2.69. The summed E-state index contributed by atoms with van der Waals surface area (Å²) in [5.41, 5.74) is -0.496. The average Bonchev–Trinajstić information content (AvgIpc) is 2.33. The summed E-state index contributed by atoms with van der Waals surface area (Å²) in [5.74, 6) is 0.556. The number of hydrogen-bond donors (Lipinski definition) is 1. The first-order chi connectivity index (χ1) is 8.90. The van der Waals surface area contributed by atoms with Crippen LogP contribution in [0, 0.1) is 11.8 Å². The average molecular weight is 269 g/mol. The molecule has 1 aliphatic rings. The Labute approximate surface area is 116 Å². The zero-order valence-electron chi connectivity index (χ0n) is 12.4. The molecule has 4 heteroatoms. The molecule has 1 N–H and O–H groups in total. The van der Waals surface area contributed by atoms with Gasteiger partial charge in [0.05, 0.1) is 0 Å². The van der Waals surface area contributed by atoms with E-state index in [0.717, 1.165) is 12.7 Å². The maximum absolute atomic E-state index is 11.5. The molecule has 110 valence electrons. The Morgan fingerprint density at radius 3 is 2.47 bits per heavy atom. The number of aldehydes is 1. The van der Waals surface area contributed by atoms with Crippen LogP contribution in [-0.2, 0) is 9.53 Å². The molecular formula is C15H27NO3. The van der Waals surface area contributed by atoms with E-state index in [0.29, 0.717) is 12.5 Å². The fraction of sp³-hybridized carbons (Fsp3) is 0.867. The van der Waals surface area contributed by atoms with E-state index >= 15 is 0 Å². The molecule has 1 saturated carbocycles. The molecule has 0 aromatic carbocycles. The van der Waals surface area contributed by atoms with Gasteiger partial charge in [0, 0.05) is 12.5 Å². The van der Waals surface area contributed by atoms with Gasteiger partial charge in [-0.3, -0.25) is 0 Å². The maximum Gasteiger partial charge on any atom is 0.407 e. The van der Waals surface area contributed by atoms with Crippen molar-refractivity contribution in [3.63, 3.8) is 0 Å². The van der Waals surface area contributed by atoms with Crippen LogP contribution in [0.4, 0.5) is 4.79 Å². The first kappa shape index (κ1) is 16.0. The monoisotopic (exact) mass is 269 g/mol. The van der Waals surface area contributed by atoms with Crippen LogP contribution < -0.4 is 5.32 Å². The second-order valence-corrected chi connectivity index (χ2v) is 6.52. The fourth-order valence-corrected chi connectivity index (χ4v) is 2.57. The molecule has 1 fully saturated rings. The van der Waals surface area contributed by atoms with Gasteiger partial charge in [-0.15, -0.1) is 0 Å². The Morgan fingerprint density at radius 2 is 1.95 bits per heavy atom. The molecule has 0 aliphatic heterocycles. The van der Waals surface area contributed by atoms with E-state index in [1.165, 1.54) is 32.1 Å². The second kappa shape index (κ2) is 7.51. The van der Waals surface area contributed by atoms with Crippen LogP contribution in [0.2, 0.25) is 0 Å². The van der Waals surface area contributed by atoms with Crippen LogP contribution in [-0.4, -0.2) is 24.5 Å². The minimum Gasteiger partial charge on any atom is -0.444 e. The third kappa shape index (κ3) is 7.19. The van der Waals surface area contributed by atoms with Gasteiger partial charge in [-0.2, -0.15) is 0 Å². The molecule has 4 nitrogen and oxygen atoms in total. The Kier molecular flexibility index (Phi) is 6.32. The molecule has 1 unspecified atom stereocenters. The summed E-state index contributed by atoms with van der Waals surface area (Å²) in [4.78, 5) is 22.6. The Bertz CT molecular complexity index is 290. The standard InChI is InChI=1S/C15H27NO3/c1-15(2,3)19-14(18)16-10-13(11-17)9-12-7-5-4-6-8-12/h11-13H,4-10H2,1-3H3,(H,16,18). The fourth-order valence-electron chi connectivity index (χ4n) is 2.57. The summed E-state index contributed by atoms with van der Waals surface area (Å²) in [6.45, 7) is 5.86. The summed E-state index contributed by atoms with van der Waals surface area (Å²) < 4.78 is 5.16. The van der Waals surface area contributed by atoms with Crippen LogP contribution >= 0.6 is 0 Å². The van der Waals surface area contributed by atoms with Gasteiger partial charge >= 0.3 is 6.09 Å². The zero-order valence-corrected chi connectivity index (χ0v) is 12.4. The molecule has 0 spiro atoms. The van der Waals surface area contributed by atoms with Crippen molar-refractivity contribution in [1.29, 1.82) is 0 Å². The molecule has 0 aromatic rings. The van der Waals surface area contributed by atoms with Crippen molar-refractivity contribution in [3.05, 3.63) is 0 Å². The van der Waals surface area contributed by atoms with Gasteiger partial charge in [0.15, 0.2) is 0 Å². The van der Waals surface area contributed by atoms with E-state index < -0.39 is 11.7 Å². The van der Waals surface area contributed by atoms with E-state index in [4.69, 9.17) is 4.74 Å². The highest BCUT2D eigenvalue weighted by molar-refractivity contribution is 5.68. The lowest BCUT2D eigenvalue weighted by Gasteiger charge is -2.25. The van der Waals surface area contributed by atoms with Crippen molar-refractivity contribution in [2.24, 2.45) is 11.8 Å². The molecule has 1 rings (SSSR count). The van der Waals surface area contributed by atoms with Gasteiger partial charge in [0.25, 0.3) is 0 Å². The predicted molar refractivity (Wildman–Crippen MR) is 75.0 cm³/mol. The van der Waals surface area contributed by atoms with E-state index in [9.17, 15) is 9.59 Å². The Hall–Kier alpha value is -1.06. The summed E-state index contributed by atoms with van der Waals surface area (Å²) >= 11 is 0. The maximum atomic E-state index is 11.5. The van der Waals surface area contributed by atoms with E-state index in [1.54, 1.807) is 0 Å². The Balaban J connectivity index is 2.27. The van der Waals surface area contributed by atoms with Gasteiger partial charge in [0.2, 0.25) is 0 Å². The topological polar surface area (TPSA) is 55.4 Å². The second-order valence-electron chi connectivity index (χ2n) is 6.52. The van der Waals surface area contributed by atoms with Crippen molar-refractivity contribution < 1.29 is 14.3 Å². The molecule has 0 bridgehead atoms. The van der Waals surface area contributed by atoms with Crippen molar-refractivity contribution >= 4 is 12.4 Å². The summed E-state index contributed by atoms with van der Waals surface area (Å²) in [7, 11) is 0. The number of ether oxygens (including phenoxy) is 1. The Morgan fingerprint density at radius 1 is 1.32 bits per heavy atom. The molecule has 0 radical (unpaired) electrons. The van der Waals surface area contributed by atoms with E-state index in [2.05, 4.69) is 5.32 Å². The highest BCUT2D eigenvalue weighted by Gasteiger charge is 2.21. The normalized spacial score (nSPS) is 18.7. The van der Waals surface area contributed by atoms with Crippen molar-refractivity contribution in [2.45, 2.75) is 64.9 Å². The van der Waals surface area contributed by atoms with Gasteiger partial charge in [-0.1, -0.05) is 32.1 Å². The number of rotatable bonds is 5.